The van der Waals surface area contributed by atoms with Gasteiger partial charge in [-0.3, -0.25) is 9.59 Å². The van der Waals surface area contributed by atoms with Crippen LogP contribution in [0.25, 0.3) is 0 Å². The molecule has 0 aromatic heterocycles. The number of benzene rings is 1. The zero-order valence-corrected chi connectivity index (χ0v) is 14.8. The second-order valence-electron chi connectivity index (χ2n) is 6.39. The minimum absolute atomic E-state index is 0.0535. The van der Waals surface area contributed by atoms with Gasteiger partial charge in [-0.25, -0.2) is 0 Å². The fraction of sp³-hybridized carbons (Fsp3) is 0.500. The summed E-state index contributed by atoms with van der Waals surface area (Å²) >= 11 is 1.63. The van der Waals surface area contributed by atoms with Crippen molar-refractivity contribution >= 4 is 29.3 Å². The summed E-state index contributed by atoms with van der Waals surface area (Å²) in [5.74, 6) is -0.151. The number of hydrogen-bond donors (Lipinski definition) is 3. The molecule has 3 N–H and O–H groups in total. The third-order valence-electron chi connectivity index (χ3n) is 2.79. The van der Waals surface area contributed by atoms with Crippen molar-refractivity contribution < 1.29 is 14.5 Å². The Balaban J connectivity index is 2.45. The van der Waals surface area contributed by atoms with Crippen LogP contribution in [-0.2, 0) is 9.59 Å². The van der Waals surface area contributed by atoms with E-state index in [9.17, 15) is 9.59 Å². The topological polar surface area (TPSA) is 62.6 Å². The van der Waals surface area contributed by atoms with Crippen molar-refractivity contribution in [1.82, 2.24) is 5.32 Å². The van der Waals surface area contributed by atoms with Gasteiger partial charge in [0.25, 0.3) is 11.8 Å². The number of nitrogens with one attached hydrogen (secondary N) is 3. The second kappa shape index (κ2) is 8.19. The molecule has 0 radical (unpaired) electrons. The Bertz CT molecular complexity index is 526. The predicted molar refractivity (Wildman–Crippen MR) is 91.4 cm³/mol. The van der Waals surface area contributed by atoms with E-state index in [2.05, 4.69) is 10.6 Å². The Morgan fingerprint density at radius 2 is 1.82 bits per heavy atom. The highest BCUT2D eigenvalue weighted by molar-refractivity contribution is 7.98. The van der Waals surface area contributed by atoms with Crippen molar-refractivity contribution in [3.8, 4) is 0 Å². The monoisotopic (exact) mass is 324 g/mol. The summed E-state index contributed by atoms with van der Waals surface area (Å²) in [7, 11) is 1.83. The third-order valence-corrected chi connectivity index (χ3v) is 3.52. The highest BCUT2D eigenvalue weighted by Crippen LogP contribution is 2.18. The minimum Gasteiger partial charge on any atom is -0.347 e. The standard InChI is InChI=1S/C16H25N3O2S/c1-16(2,3)18-15(21)11-19(4)10-14(20)17-12-7-6-8-13(9-12)22-5/h6-9H,10-11H2,1-5H3,(H,17,20)(H,18,21)/p+1. The van der Waals surface area contributed by atoms with Crippen LogP contribution in [0.3, 0.4) is 0 Å². The Morgan fingerprint density at radius 1 is 1.18 bits per heavy atom. The number of thioether (sulfide) groups is 1. The average molecular weight is 324 g/mol. The highest BCUT2D eigenvalue weighted by Gasteiger charge is 2.18. The number of likely N-dealkylation sites (N-methyl/N-ethyl adjacent to an activating group) is 1. The minimum atomic E-state index is -0.252. The van der Waals surface area contributed by atoms with Crippen LogP contribution in [0, 0.1) is 0 Å². The molecule has 0 saturated carbocycles. The van der Waals surface area contributed by atoms with E-state index in [0.29, 0.717) is 0 Å². The normalized spacial score (nSPS) is 12.6. The van der Waals surface area contributed by atoms with E-state index >= 15 is 0 Å². The molecule has 6 heteroatoms. The Hall–Kier alpha value is -1.53. The van der Waals surface area contributed by atoms with Crippen LogP contribution in [0.5, 0.6) is 0 Å². The molecule has 0 aliphatic rings. The SMILES string of the molecule is CSc1cccc(NC(=O)C[NH+](C)CC(=O)NC(C)(C)C)c1. The summed E-state index contributed by atoms with van der Waals surface area (Å²) < 4.78 is 0. The fourth-order valence-corrected chi connectivity index (χ4v) is 2.44. The van der Waals surface area contributed by atoms with Crippen LogP contribution in [-0.4, -0.2) is 43.7 Å². The fourth-order valence-electron chi connectivity index (χ4n) is 1.98. The second-order valence-corrected chi connectivity index (χ2v) is 7.27. The summed E-state index contributed by atoms with van der Waals surface area (Å²) in [5.41, 5.74) is 0.529. The number of quaternary nitrogens is 1. The van der Waals surface area contributed by atoms with Gasteiger partial charge < -0.3 is 15.5 Å². The third kappa shape index (κ3) is 7.47. The summed E-state index contributed by atoms with van der Waals surface area (Å²) in [6.07, 6.45) is 1.99. The van der Waals surface area contributed by atoms with Gasteiger partial charge in [0.05, 0.1) is 7.05 Å². The maximum absolute atomic E-state index is 12.0. The Morgan fingerprint density at radius 3 is 2.41 bits per heavy atom. The number of carbonyl (C=O) groups excluding carboxylic acids is 2. The molecule has 0 bridgehead atoms. The molecule has 5 nitrogen and oxygen atoms in total. The maximum atomic E-state index is 12.0. The summed E-state index contributed by atoms with van der Waals surface area (Å²) in [6, 6.07) is 7.70. The Labute approximate surface area is 136 Å². The molecule has 1 aromatic carbocycles. The lowest BCUT2D eigenvalue weighted by molar-refractivity contribution is -0.862. The van der Waals surface area contributed by atoms with Crippen molar-refractivity contribution in [2.45, 2.75) is 31.2 Å². The summed E-state index contributed by atoms with van der Waals surface area (Å²) in [5, 5.41) is 5.76. The van der Waals surface area contributed by atoms with E-state index in [4.69, 9.17) is 0 Å². The molecule has 0 aliphatic heterocycles. The van der Waals surface area contributed by atoms with E-state index in [1.165, 1.54) is 0 Å². The van der Waals surface area contributed by atoms with Crippen LogP contribution in [0.2, 0.25) is 0 Å². The molecule has 0 spiro atoms. The lowest BCUT2D eigenvalue weighted by Crippen LogP contribution is -3.11. The molecule has 0 heterocycles. The van der Waals surface area contributed by atoms with Crippen molar-refractivity contribution in [3.63, 3.8) is 0 Å². The molecule has 2 amide bonds. The summed E-state index contributed by atoms with van der Waals surface area (Å²) in [6.45, 7) is 6.33. The van der Waals surface area contributed by atoms with E-state index in [-0.39, 0.29) is 30.4 Å². The zero-order valence-electron chi connectivity index (χ0n) is 13.9. The van der Waals surface area contributed by atoms with Gasteiger partial charge in [0, 0.05) is 16.1 Å². The summed E-state index contributed by atoms with van der Waals surface area (Å²) in [4.78, 5) is 25.8. The first kappa shape index (κ1) is 18.5. The molecule has 1 atom stereocenters. The number of rotatable bonds is 6. The molecular formula is C16H26N3O2S+. The quantitative estimate of drug-likeness (QED) is 0.678. The van der Waals surface area contributed by atoms with Crippen LogP contribution < -0.4 is 15.5 Å². The molecule has 0 aliphatic carbocycles. The number of hydrogen-bond acceptors (Lipinski definition) is 3. The number of carbonyl (C=O) groups is 2. The van der Waals surface area contributed by atoms with Gasteiger partial charge >= 0.3 is 0 Å². The molecular weight excluding hydrogens is 298 g/mol. The van der Waals surface area contributed by atoms with Gasteiger partial charge in [-0.15, -0.1) is 11.8 Å². The molecule has 1 rings (SSSR count). The maximum Gasteiger partial charge on any atom is 0.279 e. The van der Waals surface area contributed by atoms with Gasteiger partial charge in [-0.1, -0.05) is 6.07 Å². The largest absolute Gasteiger partial charge is 0.347 e. The first-order valence-electron chi connectivity index (χ1n) is 7.26. The van der Waals surface area contributed by atoms with Crippen molar-refractivity contribution in [2.24, 2.45) is 0 Å². The molecule has 1 aromatic rings. The van der Waals surface area contributed by atoms with Crippen molar-refractivity contribution in [3.05, 3.63) is 24.3 Å². The smallest absolute Gasteiger partial charge is 0.279 e. The van der Waals surface area contributed by atoms with Crippen LogP contribution in [0.1, 0.15) is 20.8 Å². The van der Waals surface area contributed by atoms with Gasteiger partial charge in [-0.2, -0.15) is 0 Å². The molecule has 122 valence electrons. The Kier molecular flexibility index (Phi) is 6.90. The lowest BCUT2D eigenvalue weighted by Gasteiger charge is -2.21. The van der Waals surface area contributed by atoms with E-state index in [1.807, 2.05) is 58.3 Å². The number of amides is 2. The molecule has 0 fully saturated rings. The van der Waals surface area contributed by atoms with Gasteiger partial charge in [0.15, 0.2) is 13.1 Å². The van der Waals surface area contributed by atoms with E-state index in [1.54, 1.807) is 11.8 Å². The molecule has 22 heavy (non-hydrogen) atoms. The predicted octanol–water partition coefficient (Wildman–Crippen LogP) is 0.776. The average Bonchev–Trinajstić information content (AvgIpc) is 2.35. The van der Waals surface area contributed by atoms with E-state index < -0.39 is 0 Å². The van der Waals surface area contributed by atoms with Crippen molar-refractivity contribution in [1.29, 1.82) is 0 Å². The van der Waals surface area contributed by atoms with Crippen molar-refractivity contribution in [2.75, 3.05) is 31.7 Å². The van der Waals surface area contributed by atoms with Crippen LogP contribution >= 0.6 is 11.8 Å². The number of anilines is 1. The first-order chi connectivity index (χ1) is 10.2. The van der Waals surface area contributed by atoms with Crippen LogP contribution in [0.4, 0.5) is 5.69 Å². The lowest BCUT2D eigenvalue weighted by atomic mass is 10.1. The van der Waals surface area contributed by atoms with Gasteiger partial charge in [0.2, 0.25) is 0 Å². The van der Waals surface area contributed by atoms with Gasteiger partial charge in [-0.05, 0) is 45.2 Å². The molecule has 0 saturated heterocycles. The van der Waals surface area contributed by atoms with Crippen LogP contribution in [0.15, 0.2) is 29.2 Å². The highest BCUT2D eigenvalue weighted by atomic mass is 32.2. The zero-order chi connectivity index (χ0) is 16.8. The first-order valence-corrected chi connectivity index (χ1v) is 8.48. The molecule has 1 unspecified atom stereocenters. The van der Waals surface area contributed by atoms with E-state index in [0.717, 1.165) is 15.5 Å². The van der Waals surface area contributed by atoms with Gasteiger partial charge in [0.1, 0.15) is 0 Å².